The number of benzene rings is 2. The van der Waals surface area contributed by atoms with Crippen LogP contribution in [0.4, 0.5) is 0 Å². The highest BCUT2D eigenvalue weighted by atomic mass is 16.5. The fourth-order valence-corrected chi connectivity index (χ4v) is 4.56. The summed E-state index contributed by atoms with van der Waals surface area (Å²) < 4.78 is 16.3. The average Bonchev–Trinajstić information content (AvgIpc) is 2.88. The molecular weight excluding hydrogens is 430 g/mol. The van der Waals surface area contributed by atoms with Gasteiger partial charge in [-0.1, -0.05) is 30.3 Å². The number of likely N-dealkylation sites (tertiary alicyclic amines) is 1. The monoisotopic (exact) mass is 463 g/mol. The number of nitrogens with zero attached hydrogens (tertiary/aromatic N) is 2. The lowest BCUT2D eigenvalue weighted by Crippen LogP contribution is -2.35. The highest BCUT2D eigenvalue weighted by Gasteiger charge is 2.20. The van der Waals surface area contributed by atoms with E-state index in [1.807, 2.05) is 6.07 Å². The Hall–Kier alpha value is -3.32. The number of ether oxygens (including phenoxy) is 3. The van der Waals surface area contributed by atoms with Crippen LogP contribution < -0.4 is 19.5 Å². The number of carbonyl (C=O) groups excluding carboxylic acids is 1. The lowest BCUT2D eigenvalue weighted by atomic mass is 9.93. The highest BCUT2D eigenvalue weighted by molar-refractivity contribution is 5.97. The van der Waals surface area contributed by atoms with Crippen LogP contribution in [0.3, 0.4) is 0 Å². The SMILES string of the molecule is COc1cc2nc(C(=O)NCCC3CCN(Cc4ccccc4)CC3)cc(OC)c2cc1OC. The molecule has 1 aliphatic heterocycles. The molecule has 7 heteroatoms. The minimum Gasteiger partial charge on any atom is -0.496 e. The number of hydrogen-bond acceptors (Lipinski definition) is 6. The van der Waals surface area contributed by atoms with Crippen molar-refractivity contribution < 1.29 is 19.0 Å². The minimum atomic E-state index is -0.198. The molecule has 1 aromatic heterocycles. The molecule has 1 N–H and O–H groups in total. The van der Waals surface area contributed by atoms with Crippen LogP contribution in [-0.2, 0) is 6.54 Å². The van der Waals surface area contributed by atoms with Gasteiger partial charge in [-0.2, -0.15) is 0 Å². The number of amides is 1. The van der Waals surface area contributed by atoms with Crippen LogP contribution in [0.1, 0.15) is 35.3 Å². The molecule has 1 aliphatic rings. The Kier molecular flexibility index (Phi) is 7.85. The van der Waals surface area contributed by atoms with E-state index < -0.39 is 0 Å². The molecule has 0 bridgehead atoms. The van der Waals surface area contributed by atoms with Gasteiger partial charge < -0.3 is 19.5 Å². The number of carbonyl (C=O) groups is 1. The molecule has 0 saturated carbocycles. The fourth-order valence-electron chi connectivity index (χ4n) is 4.56. The number of aromatic nitrogens is 1. The van der Waals surface area contributed by atoms with Crippen molar-refractivity contribution in [2.45, 2.75) is 25.8 Å². The molecule has 180 valence electrons. The Labute approximate surface area is 201 Å². The van der Waals surface area contributed by atoms with Gasteiger partial charge in [0.25, 0.3) is 5.91 Å². The molecule has 1 amide bonds. The Morgan fingerprint density at radius 2 is 1.65 bits per heavy atom. The second-order valence-electron chi connectivity index (χ2n) is 8.68. The van der Waals surface area contributed by atoms with Gasteiger partial charge in [-0.25, -0.2) is 4.98 Å². The lowest BCUT2D eigenvalue weighted by Gasteiger charge is -2.32. The Morgan fingerprint density at radius 3 is 2.32 bits per heavy atom. The smallest absolute Gasteiger partial charge is 0.270 e. The number of methoxy groups -OCH3 is 3. The van der Waals surface area contributed by atoms with E-state index in [4.69, 9.17) is 14.2 Å². The van der Waals surface area contributed by atoms with E-state index in [9.17, 15) is 4.79 Å². The predicted octanol–water partition coefficient (Wildman–Crippen LogP) is 4.29. The van der Waals surface area contributed by atoms with Crippen molar-refractivity contribution in [2.75, 3.05) is 41.0 Å². The number of pyridine rings is 1. The molecule has 0 radical (unpaired) electrons. The maximum absolute atomic E-state index is 12.8. The molecule has 2 aromatic carbocycles. The van der Waals surface area contributed by atoms with Gasteiger partial charge in [-0.05, 0) is 49.9 Å². The van der Waals surface area contributed by atoms with Crippen molar-refractivity contribution in [3.63, 3.8) is 0 Å². The molecule has 1 fully saturated rings. The quantitative estimate of drug-likeness (QED) is 0.510. The summed E-state index contributed by atoms with van der Waals surface area (Å²) >= 11 is 0. The molecule has 7 nitrogen and oxygen atoms in total. The van der Waals surface area contributed by atoms with Crippen molar-refractivity contribution >= 4 is 16.8 Å². The first kappa shape index (κ1) is 23.8. The van der Waals surface area contributed by atoms with Crippen molar-refractivity contribution in [1.29, 1.82) is 0 Å². The summed E-state index contributed by atoms with van der Waals surface area (Å²) in [5, 5.41) is 3.80. The summed E-state index contributed by atoms with van der Waals surface area (Å²) in [4.78, 5) is 19.9. The summed E-state index contributed by atoms with van der Waals surface area (Å²) in [5.41, 5.74) is 2.31. The molecule has 2 heterocycles. The second kappa shape index (κ2) is 11.2. The van der Waals surface area contributed by atoms with Gasteiger partial charge in [0.15, 0.2) is 11.5 Å². The summed E-state index contributed by atoms with van der Waals surface area (Å²) in [7, 11) is 4.74. The second-order valence-corrected chi connectivity index (χ2v) is 8.68. The van der Waals surface area contributed by atoms with Gasteiger partial charge in [-0.3, -0.25) is 9.69 Å². The van der Waals surface area contributed by atoms with Crippen LogP contribution in [0.15, 0.2) is 48.5 Å². The molecule has 4 rings (SSSR count). The minimum absolute atomic E-state index is 0.198. The summed E-state index contributed by atoms with van der Waals surface area (Å²) in [5.74, 6) is 2.14. The summed E-state index contributed by atoms with van der Waals surface area (Å²) in [6.45, 7) is 3.84. The van der Waals surface area contributed by atoms with Crippen LogP contribution in [0, 0.1) is 5.92 Å². The Bertz CT molecular complexity index is 1110. The van der Waals surface area contributed by atoms with E-state index >= 15 is 0 Å². The van der Waals surface area contributed by atoms with Crippen molar-refractivity contribution in [1.82, 2.24) is 15.2 Å². The summed E-state index contributed by atoms with van der Waals surface area (Å²) in [6, 6.07) is 15.9. The number of hydrogen-bond donors (Lipinski definition) is 1. The number of fused-ring (bicyclic) bond motifs is 1. The topological polar surface area (TPSA) is 72.9 Å². The third-order valence-corrected chi connectivity index (χ3v) is 6.52. The van der Waals surface area contributed by atoms with Crippen LogP contribution in [0.5, 0.6) is 17.2 Å². The van der Waals surface area contributed by atoms with Crippen LogP contribution >= 0.6 is 0 Å². The van der Waals surface area contributed by atoms with Crippen molar-refractivity contribution in [2.24, 2.45) is 5.92 Å². The number of piperidine rings is 1. The van der Waals surface area contributed by atoms with E-state index in [-0.39, 0.29) is 5.91 Å². The third kappa shape index (κ3) is 5.59. The van der Waals surface area contributed by atoms with E-state index in [0.29, 0.717) is 40.9 Å². The fraction of sp³-hybridized carbons (Fsp3) is 0.407. The van der Waals surface area contributed by atoms with Crippen LogP contribution in [-0.4, -0.2) is 56.8 Å². The van der Waals surface area contributed by atoms with Gasteiger partial charge in [0.2, 0.25) is 0 Å². The highest BCUT2D eigenvalue weighted by Crippen LogP contribution is 2.35. The zero-order valence-corrected chi connectivity index (χ0v) is 20.2. The predicted molar refractivity (Wildman–Crippen MR) is 133 cm³/mol. The molecule has 34 heavy (non-hydrogen) atoms. The zero-order chi connectivity index (χ0) is 23.9. The van der Waals surface area contributed by atoms with Crippen molar-refractivity contribution in [3.8, 4) is 17.2 Å². The van der Waals surface area contributed by atoms with Crippen LogP contribution in [0.2, 0.25) is 0 Å². The van der Waals surface area contributed by atoms with Gasteiger partial charge >= 0.3 is 0 Å². The number of rotatable bonds is 9. The molecule has 3 aromatic rings. The maximum Gasteiger partial charge on any atom is 0.270 e. The standard InChI is InChI=1S/C27H33N3O4/c1-32-24-17-23(29-22-16-26(34-3)25(33-2)15-21(22)24)27(31)28-12-9-19-10-13-30(14-11-19)18-20-7-5-4-6-8-20/h4-8,15-17,19H,9-14,18H2,1-3H3,(H,28,31). The molecule has 0 aliphatic carbocycles. The molecule has 1 saturated heterocycles. The Morgan fingerprint density at radius 1 is 0.971 bits per heavy atom. The summed E-state index contributed by atoms with van der Waals surface area (Å²) in [6.07, 6.45) is 3.29. The molecular formula is C27H33N3O4. The van der Waals surface area contributed by atoms with Gasteiger partial charge in [0.05, 0.1) is 26.8 Å². The first-order valence-electron chi connectivity index (χ1n) is 11.8. The van der Waals surface area contributed by atoms with E-state index in [2.05, 4.69) is 45.5 Å². The van der Waals surface area contributed by atoms with E-state index in [1.165, 1.54) is 5.56 Å². The maximum atomic E-state index is 12.8. The first-order valence-corrected chi connectivity index (χ1v) is 11.8. The molecule has 0 spiro atoms. The van der Waals surface area contributed by atoms with Crippen LogP contribution in [0.25, 0.3) is 10.9 Å². The lowest BCUT2D eigenvalue weighted by molar-refractivity contribution is 0.0942. The zero-order valence-electron chi connectivity index (χ0n) is 20.2. The molecule has 0 unspecified atom stereocenters. The molecule has 0 atom stereocenters. The van der Waals surface area contributed by atoms with E-state index in [1.54, 1.807) is 33.5 Å². The average molecular weight is 464 g/mol. The largest absolute Gasteiger partial charge is 0.496 e. The normalized spacial score (nSPS) is 14.7. The van der Waals surface area contributed by atoms with Gasteiger partial charge in [0, 0.05) is 30.6 Å². The third-order valence-electron chi connectivity index (χ3n) is 6.52. The number of nitrogens with one attached hydrogen (secondary N) is 1. The van der Waals surface area contributed by atoms with Gasteiger partial charge in [-0.15, -0.1) is 0 Å². The van der Waals surface area contributed by atoms with Gasteiger partial charge in [0.1, 0.15) is 11.4 Å². The Balaban J connectivity index is 1.32. The first-order chi connectivity index (χ1) is 16.6. The van der Waals surface area contributed by atoms with Crippen molar-refractivity contribution in [3.05, 3.63) is 59.8 Å². The van der Waals surface area contributed by atoms with E-state index in [0.717, 1.165) is 44.3 Å².